The standard InChI is InChI=1S/C22H25F3N2O3S2/c1-26(15-16-7-9-18(31-2)10-8-16)21(28)17-11-13-27(14-12-17)32(29,30)20-6-4-3-5-19(20)22(23,24)25/h3-10,17H,11-15H2,1-2H3. The molecule has 5 nitrogen and oxygen atoms in total. The van der Waals surface area contributed by atoms with Crippen LogP contribution in [0.5, 0.6) is 0 Å². The van der Waals surface area contributed by atoms with E-state index in [4.69, 9.17) is 0 Å². The summed E-state index contributed by atoms with van der Waals surface area (Å²) in [6.07, 6.45) is -2.25. The highest BCUT2D eigenvalue weighted by molar-refractivity contribution is 7.98. The van der Waals surface area contributed by atoms with Crippen molar-refractivity contribution in [2.24, 2.45) is 5.92 Å². The lowest BCUT2D eigenvalue weighted by Gasteiger charge is -2.33. The third kappa shape index (κ3) is 5.47. The molecule has 0 saturated carbocycles. The fourth-order valence-electron chi connectivity index (χ4n) is 3.80. The number of halogens is 3. The second-order valence-electron chi connectivity index (χ2n) is 7.71. The monoisotopic (exact) mass is 486 g/mol. The molecule has 0 unspecified atom stereocenters. The van der Waals surface area contributed by atoms with Crippen LogP contribution in [-0.4, -0.2) is 49.9 Å². The summed E-state index contributed by atoms with van der Waals surface area (Å²) in [5.41, 5.74) is -0.187. The van der Waals surface area contributed by atoms with Gasteiger partial charge < -0.3 is 4.90 Å². The first-order chi connectivity index (χ1) is 15.0. The van der Waals surface area contributed by atoms with Gasteiger partial charge in [-0.2, -0.15) is 17.5 Å². The van der Waals surface area contributed by atoms with Crippen LogP contribution in [0.3, 0.4) is 0 Å². The molecule has 0 aliphatic carbocycles. The second-order valence-corrected chi connectivity index (χ2v) is 10.5. The molecule has 1 saturated heterocycles. The number of rotatable bonds is 6. The van der Waals surface area contributed by atoms with Gasteiger partial charge >= 0.3 is 6.18 Å². The van der Waals surface area contributed by atoms with Crippen molar-refractivity contribution in [3.8, 4) is 0 Å². The van der Waals surface area contributed by atoms with Gasteiger partial charge in [-0.15, -0.1) is 11.8 Å². The van der Waals surface area contributed by atoms with Crippen LogP contribution in [-0.2, 0) is 27.5 Å². The molecule has 174 valence electrons. The van der Waals surface area contributed by atoms with Crippen molar-refractivity contribution in [1.82, 2.24) is 9.21 Å². The van der Waals surface area contributed by atoms with Gasteiger partial charge in [0.15, 0.2) is 0 Å². The van der Waals surface area contributed by atoms with Crippen LogP contribution in [0.2, 0.25) is 0 Å². The van der Waals surface area contributed by atoms with Gasteiger partial charge in [0.05, 0.1) is 10.5 Å². The van der Waals surface area contributed by atoms with Gasteiger partial charge in [-0.3, -0.25) is 4.79 Å². The van der Waals surface area contributed by atoms with Crippen molar-refractivity contribution >= 4 is 27.7 Å². The van der Waals surface area contributed by atoms with Gasteiger partial charge in [0.25, 0.3) is 0 Å². The Kier molecular flexibility index (Phi) is 7.57. The Balaban J connectivity index is 1.64. The Labute approximate surface area is 190 Å². The van der Waals surface area contributed by atoms with E-state index in [1.165, 1.54) is 6.07 Å². The molecule has 1 amide bonds. The fraction of sp³-hybridized carbons (Fsp3) is 0.409. The predicted molar refractivity (Wildman–Crippen MR) is 118 cm³/mol. The minimum atomic E-state index is -4.77. The summed E-state index contributed by atoms with van der Waals surface area (Å²) in [6, 6.07) is 12.1. The molecule has 1 aliphatic heterocycles. The maximum absolute atomic E-state index is 13.3. The van der Waals surface area contributed by atoms with Gasteiger partial charge in [0.1, 0.15) is 0 Å². The Morgan fingerprint density at radius 3 is 2.25 bits per heavy atom. The zero-order valence-electron chi connectivity index (χ0n) is 17.8. The van der Waals surface area contributed by atoms with Crippen LogP contribution in [0.25, 0.3) is 0 Å². The van der Waals surface area contributed by atoms with E-state index >= 15 is 0 Å². The SMILES string of the molecule is CSc1ccc(CN(C)C(=O)C2CCN(S(=O)(=O)c3ccccc3C(F)(F)F)CC2)cc1. The first-order valence-electron chi connectivity index (χ1n) is 10.1. The number of carbonyl (C=O) groups is 1. The highest BCUT2D eigenvalue weighted by Crippen LogP contribution is 2.36. The van der Waals surface area contributed by atoms with Crippen molar-refractivity contribution in [1.29, 1.82) is 0 Å². The summed E-state index contributed by atoms with van der Waals surface area (Å²) in [5.74, 6) is -0.457. The van der Waals surface area contributed by atoms with Crippen LogP contribution < -0.4 is 0 Å². The van der Waals surface area contributed by atoms with E-state index in [2.05, 4.69) is 0 Å². The summed E-state index contributed by atoms with van der Waals surface area (Å²) < 4.78 is 66.7. The van der Waals surface area contributed by atoms with E-state index in [1.807, 2.05) is 30.5 Å². The summed E-state index contributed by atoms with van der Waals surface area (Å²) in [7, 11) is -2.61. The van der Waals surface area contributed by atoms with Gasteiger partial charge in [-0.05, 0) is 48.9 Å². The molecular weight excluding hydrogens is 461 g/mol. The molecule has 0 atom stereocenters. The van der Waals surface area contributed by atoms with E-state index in [-0.39, 0.29) is 37.8 Å². The number of piperidine rings is 1. The van der Waals surface area contributed by atoms with Crippen LogP contribution in [0.15, 0.2) is 58.3 Å². The summed E-state index contributed by atoms with van der Waals surface area (Å²) in [6.45, 7) is 0.438. The molecule has 1 aliphatic rings. The Bertz CT molecular complexity index is 1050. The average molecular weight is 487 g/mol. The molecule has 1 heterocycles. The number of sulfonamides is 1. The number of alkyl halides is 3. The highest BCUT2D eigenvalue weighted by Gasteiger charge is 2.40. The summed E-state index contributed by atoms with van der Waals surface area (Å²) in [4.78, 5) is 14.8. The lowest BCUT2D eigenvalue weighted by molar-refractivity contribution is -0.140. The van der Waals surface area contributed by atoms with E-state index in [0.717, 1.165) is 33.0 Å². The van der Waals surface area contributed by atoms with Crippen LogP contribution in [0.4, 0.5) is 13.2 Å². The highest BCUT2D eigenvalue weighted by atomic mass is 32.2. The first kappa shape index (κ1) is 24.6. The molecule has 1 fully saturated rings. The molecule has 0 radical (unpaired) electrons. The zero-order chi connectivity index (χ0) is 23.5. The van der Waals surface area contributed by atoms with Crippen molar-refractivity contribution < 1.29 is 26.4 Å². The zero-order valence-corrected chi connectivity index (χ0v) is 19.4. The minimum Gasteiger partial charge on any atom is -0.341 e. The average Bonchev–Trinajstić information content (AvgIpc) is 2.78. The molecule has 0 spiro atoms. The number of carbonyl (C=O) groups excluding carboxylic acids is 1. The fourth-order valence-corrected chi connectivity index (χ4v) is 5.89. The Morgan fingerprint density at radius 1 is 1.09 bits per heavy atom. The number of hydrogen-bond acceptors (Lipinski definition) is 4. The quantitative estimate of drug-likeness (QED) is 0.565. The van der Waals surface area contributed by atoms with Gasteiger partial charge in [0, 0.05) is 37.5 Å². The Hall–Kier alpha value is -2.04. The van der Waals surface area contributed by atoms with E-state index in [0.29, 0.717) is 6.54 Å². The molecule has 0 aromatic heterocycles. The Morgan fingerprint density at radius 2 is 1.69 bits per heavy atom. The molecule has 2 aromatic carbocycles. The van der Waals surface area contributed by atoms with Crippen molar-refractivity contribution in [2.75, 3.05) is 26.4 Å². The summed E-state index contributed by atoms with van der Waals surface area (Å²) in [5, 5.41) is 0. The predicted octanol–water partition coefficient (Wildman–Crippen LogP) is 4.49. The maximum atomic E-state index is 13.3. The number of nitrogens with zero attached hydrogens (tertiary/aromatic N) is 2. The van der Waals surface area contributed by atoms with Gasteiger partial charge in [-0.25, -0.2) is 8.42 Å². The van der Waals surface area contributed by atoms with Crippen LogP contribution >= 0.6 is 11.8 Å². The number of benzene rings is 2. The first-order valence-corrected chi connectivity index (χ1v) is 12.7. The third-order valence-electron chi connectivity index (χ3n) is 5.57. The van der Waals surface area contributed by atoms with Crippen LogP contribution in [0.1, 0.15) is 24.0 Å². The number of amides is 1. The minimum absolute atomic E-state index is 0.00118. The van der Waals surface area contributed by atoms with Crippen molar-refractivity contribution in [2.45, 2.75) is 35.4 Å². The molecule has 0 N–H and O–H groups in total. The van der Waals surface area contributed by atoms with Crippen molar-refractivity contribution in [3.05, 3.63) is 59.7 Å². The molecule has 10 heteroatoms. The lowest BCUT2D eigenvalue weighted by Crippen LogP contribution is -2.43. The molecule has 0 bridgehead atoms. The van der Waals surface area contributed by atoms with E-state index in [9.17, 15) is 26.4 Å². The topological polar surface area (TPSA) is 57.7 Å². The molecule has 32 heavy (non-hydrogen) atoms. The third-order valence-corrected chi connectivity index (χ3v) is 8.27. The van der Waals surface area contributed by atoms with Gasteiger partial charge in [-0.1, -0.05) is 24.3 Å². The molecular formula is C22H25F3N2O3S2. The summed E-state index contributed by atoms with van der Waals surface area (Å²) >= 11 is 1.63. The smallest absolute Gasteiger partial charge is 0.341 e. The normalized spacial score (nSPS) is 16.2. The second kappa shape index (κ2) is 9.84. The van der Waals surface area contributed by atoms with Crippen molar-refractivity contribution in [3.63, 3.8) is 0 Å². The van der Waals surface area contributed by atoms with E-state index < -0.39 is 26.7 Å². The number of thioether (sulfide) groups is 1. The van der Waals surface area contributed by atoms with E-state index in [1.54, 1.807) is 23.7 Å². The number of hydrogen-bond donors (Lipinski definition) is 0. The molecule has 3 rings (SSSR count). The molecule has 2 aromatic rings. The van der Waals surface area contributed by atoms with Crippen LogP contribution in [0, 0.1) is 5.92 Å². The maximum Gasteiger partial charge on any atom is 0.417 e. The lowest BCUT2D eigenvalue weighted by atomic mass is 9.96. The largest absolute Gasteiger partial charge is 0.417 e. The van der Waals surface area contributed by atoms with Gasteiger partial charge in [0.2, 0.25) is 15.9 Å².